The summed E-state index contributed by atoms with van der Waals surface area (Å²) in [7, 11) is 0. The van der Waals surface area contributed by atoms with Crippen molar-refractivity contribution in [2.75, 3.05) is 23.8 Å². The van der Waals surface area contributed by atoms with Crippen molar-refractivity contribution in [3.63, 3.8) is 0 Å². The quantitative estimate of drug-likeness (QED) is 0.0448. The van der Waals surface area contributed by atoms with E-state index >= 15 is 0 Å². The second-order valence-electron chi connectivity index (χ2n) is 14.3. The van der Waals surface area contributed by atoms with Gasteiger partial charge in [-0.15, -0.1) is 0 Å². The van der Waals surface area contributed by atoms with Crippen molar-refractivity contribution >= 4 is 68.6 Å². The summed E-state index contributed by atoms with van der Waals surface area (Å²) in [5.74, 6) is -2.78. The molecule has 0 fully saturated rings. The summed E-state index contributed by atoms with van der Waals surface area (Å²) < 4.78 is 70.4. The number of aryl methyl sites for hydroxylation is 3. The number of anilines is 2. The number of benzene rings is 2. The maximum Gasteiger partial charge on any atom is 0.276 e. The van der Waals surface area contributed by atoms with Crippen LogP contribution in [0.25, 0.3) is 33.0 Å². The van der Waals surface area contributed by atoms with Gasteiger partial charge < -0.3 is 34.9 Å². The van der Waals surface area contributed by atoms with Crippen LogP contribution in [0.15, 0.2) is 53.0 Å². The molecule has 23 heteroatoms. The highest BCUT2D eigenvalue weighted by atomic mass is 19.3. The zero-order valence-electron chi connectivity index (χ0n) is 33.9. The first kappa shape index (κ1) is 43.5. The van der Waals surface area contributed by atoms with E-state index < -0.39 is 49.6 Å². The molecule has 0 atom stereocenters. The van der Waals surface area contributed by atoms with Gasteiger partial charge in [0.05, 0.1) is 40.1 Å². The van der Waals surface area contributed by atoms with E-state index in [0.717, 1.165) is 9.36 Å². The number of alkyl halides is 4. The van der Waals surface area contributed by atoms with E-state index in [2.05, 4.69) is 30.8 Å². The molecule has 19 nitrogen and oxygen atoms in total. The summed E-state index contributed by atoms with van der Waals surface area (Å²) >= 11 is 0. The van der Waals surface area contributed by atoms with Gasteiger partial charge in [-0.3, -0.25) is 39.2 Å². The van der Waals surface area contributed by atoms with Crippen LogP contribution in [0.2, 0.25) is 0 Å². The molecule has 5 aromatic heterocycles. The van der Waals surface area contributed by atoms with Gasteiger partial charge in [0.15, 0.2) is 0 Å². The minimum atomic E-state index is -2.81. The number of allylic oxidation sites excluding steroid dienone is 2. The van der Waals surface area contributed by atoms with Crippen molar-refractivity contribution < 1.29 is 51.0 Å². The number of primary amides is 2. The number of aliphatic hydroxyl groups excluding tert-OH is 1. The molecular formula is C40H40F4N12O7. The standard InChI is InChI=1S/C40H40F4N12O7/c1-19-11-27(55(51-19)17-30(41)42)37(60)49-39-48-26-16-24(36(46)59)34-23(13-21(3)63-34)32(26)53(39)7-4-5-8-54-33-25(14-22(35(45)58)15-29(33)62-10-6-9-57)47-40(54)50-38(61)28-12-20(2)52-56(28)18-31(43)44/h4-5,11-16,30-31,57H,6-10,17-18H2,1-3H3,(H2,45,58)(H2,46,59)(H,47,50,61)(H,48,49,60)/b5-4+. The Morgan fingerprint density at radius 1 is 0.778 bits per heavy atom. The van der Waals surface area contributed by atoms with Crippen LogP contribution in [0.3, 0.4) is 0 Å². The number of halogens is 4. The molecule has 0 saturated heterocycles. The molecule has 7 rings (SSSR count). The van der Waals surface area contributed by atoms with Gasteiger partial charge in [0, 0.05) is 37.1 Å². The molecule has 4 amide bonds. The molecule has 5 heterocycles. The lowest BCUT2D eigenvalue weighted by Crippen LogP contribution is -2.22. The Morgan fingerprint density at radius 2 is 1.32 bits per heavy atom. The zero-order valence-corrected chi connectivity index (χ0v) is 33.9. The van der Waals surface area contributed by atoms with Crippen molar-refractivity contribution in [1.82, 2.24) is 38.7 Å². The van der Waals surface area contributed by atoms with Gasteiger partial charge in [0.2, 0.25) is 17.8 Å². The molecule has 0 aliphatic heterocycles. The maximum atomic E-state index is 13.7. The summed E-state index contributed by atoms with van der Waals surface area (Å²) in [5.41, 5.74) is 13.0. The molecule has 7 aromatic rings. The fraction of sp³-hybridized carbons (Fsp3) is 0.300. The number of aromatic nitrogens is 8. The Morgan fingerprint density at radius 3 is 1.83 bits per heavy atom. The third-order valence-electron chi connectivity index (χ3n) is 9.63. The molecule has 0 spiro atoms. The number of amides is 4. The predicted molar refractivity (Wildman–Crippen MR) is 219 cm³/mol. The second-order valence-corrected chi connectivity index (χ2v) is 14.3. The van der Waals surface area contributed by atoms with E-state index in [4.69, 9.17) is 20.6 Å². The third-order valence-corrected chi connectivity index (χ3v) is 9.63. The summed E-state index contributed by atoms with van der Waals surface area (Å²) in [6, 6.07) is 8.53. The largest absolute Gasteiger partial charge is 0.491 e. The van der Waals surface area contributed by atoms with E-state index in [1.807, 2.05) is 0 Å². The monoisotopic (exact) mass is 876 g/mol. The number of carbonyl (C=O) groups excluding carboxylic acids is 4. The topological polar surface area (TPSA) is 258 Å². The molecule has 0 aliphatic carbocycles. The fourth-order valence-corrected chi connectivity index (χ4v) is 7.09. The van der Waals surface area contributed by atoms with E-state index in [1.165, 1.54) is 34.9 Å². The summed E-state index contributed by atoms with van der Waals surface area (Å²) in [5, 5.41) is 23.3. The molecule has 7 N–H and O–H groups in total. The van der Waals surface area contributed by atoms with Crippen LogP contribution < -0.4 is 26.8 Å². The van der Waals surface area contributed by atoms with Crippen molar-refractivity contribution in [3.05, 3.63) is 88.2 Å². The number of fused-ring (bicyclic) bond motifs is 4. The van der Waals surface area contributed by atoms with Crippen LogP contribution >= 0.6 is 0 Å². The highest BCUT2D eigenvalue weighted by Crippen LogP contribution is 2.35. The third kappa shape index (κ3) is 9.07. The lowest BCUT2D eigenvalue weighted by molar-refractivity contribution is 0.0976. The average Bonchev–Trinajstić information content (AvgIpc) is 4.02. The van der Waals surface area contributed by atoms with E-state index in [-0.39, 0.29) is 89.5 Å². The smallest absolute Gasteiger partial charge is 0.276 e. The molecular weight excluding hydrogens is 837 g/mol. The maximum absolute atomic E-state index is 13.7. The number of nitrogens with zero attached hydrogens (tertiary/aromatic N) is 8. The SMILES string of the molecule is Cc1cc(C(=O)Nc2nc3cc(C(N)=O)cc(OCCCO)c3n2C/C=C/Cn2c(NC(=O)c3cc(C)nn3CC(F)F)nc3cc(C(N)=O)c4oc(C)cc4c32)n(CC(F)F)n1. The molecule has 330 valence electrons. The van der Waals surface area contributed by atoms with Crippen molar-refractivity contribution in [2.24, 2.45) is 11.5 Å². The molecule has 0 saturated carbocycles. The van der Waals surface area contributed by atoms with E-state index in [9.17, 15) is 41.8 Å². The lowest BCUT2D eigenvalue weighted by atomic mass is 10.1. The number of aliphatic hydroxyl groups is 1. The van der Waals surface area contributed by atoms with Crippen LogP contribution in [-0.4, -0.2) is 93.5 Å². The number of carbonyl (C=O) groups is 4. The molecule has 2 aromatic carbocycles. The normalized spacial score (nSPS) is 11.9. The van der Waals surface area contributed by atoms with Crippen LogP contribution in [-0.2, 0) is 26.2 Å². The Bertz CT molecular complexity index is 2940. The minimum absolute atomic E-state index is 0.0206. The van der Waals surface area contributed by atoms with E-state index in [0.29, 0.717) is 33.6 Å². The summed E-state index contributed by atoms with van der Waals surface area (Å²) in [6.45, 7) is 2.81. The number of ether oxygens (including phenoxy) is 1. The number of hydrogen-bond acceptors (Lipinski definition) is 11. The summed E-state index contributed by atoms with van der Waals surface area (Å²) in [6.07, 6.45) is -2.05. The first-order valence-electron chi connectivity index (χ1n) is 19.3. The number of nitrogens with one attached hydrogen (secondary N) is 2. The van der Waals surface area contributed by atoms with Gasteiger partial charge in [-0.05, 0) is 57.2 Å². The van der Waals surface area contributed by atoms with Gasteiger partial charge in [0.1, 0.15) is 47.1 Å². The van der Waals surface area contributed by atoms with Gasteiger partial charge >= 0.3 is 0 Å². The Hall–Kier alpha value is -7.56. The predicted octanol–water partition coefficient (Wildman–Crippen LogP) is 4.70. The molecule has 63 heavy (non-hydrogen) atoms. The number of nitrogens with two attached hydrogens (primary N) is 2. The average molecular weight is 877 g/mol. The highest BCUT2D eigenvalue weighted by Gasteiger charge is 2.26. The van der Waals surface area contributed by atoms with Gasteiger partial charge in [-0.1, -0.05) is 12.2 Å². The molecule has 0 unspecified atom stereocenters. The van der Waals surface area contributed by atoms with Gasteiger partial charge in [-0.25, -0.2) is 27.5 Å². The summed E-state index contributed by atoms with van der Waals surface area (Å²) in [4.78, 5) is 61.4. The van der Waals surface area contributed by atoms with Crippen molar-refractivity contribution in [2.45, 2.75) is 66.2 Å². The lowest BCUT2D eigenvalue weighted by Gasteiger charge is -2.13. The number of rotatable bonds is 18. The Kier molecular flexibility index (Phi) is 12.3. The zero-order chi connectivity index (χ0) is 45.3. The second kappa shape index (κ2) is 17.8. The van der Waals surface area contributed by atoms with Crippen LogP contribution in [0.5, 0.6) is 5.75 Å². The molecule has 0 bridgehead atoms. The minimum Gasteiger partial charge on any atom is -0.491 e. The number of imidazole rings is 2. The Balaban J connectivity index is 1.31. The molecule has 0 aliphatic rings. The van der Waals surface area contributed by atoms with Crippen molar-refractivity contribution in [3.8, 4) is 5.75 Å². The first-order chi connectivity index (χ1) is 30.0. The number of furan rings is 1. The van der Waals surface area contributed by atoms with Crippen molar-refractivity contribution in [1.29, 1.82) is 0 Å². The van der Waals surface area contributed by atoms with E-state index in [1.54, 1.807) is 43.6 Å². The van der Waals surface area contributed by atoms with Crippen LogP contribution in [0, 0.1) is 20.8 Å². The van der Waals surface area contributed by atoms with Crippen LogP contribution in [0.1, 0.15) is 65.3 Å². The number of hydrogen-bond donors (Lipinski definition) is 5. The first-order valence-corrected chi connectivity index (χ1v) is 19.3. The highest BCUT2D eigenvalue weighted by molar-refractivity contribution is 6.14. The Labute approximate surface area is 353 Å². The van der Waals surface area contributed by atoms with Gasteiger partial charge in [-0.2, -0.15) is 10.2 Å². The van der Waals surface area contributed by atoms with Crippen LogP contribution in [0.4, 0.5) is 29.5 Å². The van der Waals surface area contributed by atoms with Gasteiger partial charge in [0.25, 0.3) is 30.6 Å². The molecule has 0 radical (unpaired) electrons. The fourth-order valence-electron chi connectivity index (χ4n) is 7.09.